The van der Waals surface area contributed by atoms with Crippen LogP contribution in [0.4, 0.5) is 11.4 Å². The number of piperidine rings is 1. The van der Waals surface area contributed by atoms with E-state index in [1.54, 1.807) is 0 Å². The maximum atomic E-state index is 12.2. The molecule has 23 heavy (non-hydrogen) atoms. The molecule has 3 aliphatic heterocycles. The maximum absolute atomic E-state index is 12.2. The summed E-state index contributed by atoms with van der Waals surface area (Å²) < 4.78 is 0. The maximum Gasteiger partial charge on any atom is 0.249 e. The van der Waals surface area contributed by atoms with Gasteiger partial charge in [0.2, 0.25) is 11.8 Å². The van der Waals surface area contributed by atoms with Crippen LogP contribution in [0.3, 0.4) is 0 Å². The highest BCUT2D eigenvalue weighted by Crippen LogP contribution is 2.37. The molecule has 4 rings (SSSR count). The zero-order chi connectivity index (χ0) is 15.8. The normalized spacial score (nSPS) is 24.6. The van der Waals surface area contributed by atoms with E-state index in [2.05, 4.69) is 38.6 Å². The van der Waals surface area contributed by atoms with Crippen molar-refractivity contribution in [2.75, 3.05) is 42.5 Å². The highest BCUT2D eigenvalue weighted by molar-refractivity contribution is 6.02. The third kappa shape index (κ3) is 2.57. The minimum absolute atomic E-state index is 0.151. The molecule has 3 heterocycles. The number of rotatable bonds is 2. The molecule has 0 aliphatic carbocycles. The summed E-state index contributed by atoms with van der Waals surface area (Å²) in [6, 6.07) is 6.17. The fraction of sp³-hybridized carbons (Fsp3) is 0.529. The third-order valence-electron chi connectivity index (χ3n) is 5.08. The smallest absolute Gasteiger partial charge is 0.249 e. The van der Waals surface area contributed by atoms with Crippen molar-refractivity contribution in [1.82, 2.24) is 10.6 Å². The van der Waals surface area contributed by atoms with E-state index in [9.17, 15) is 9.59 Å². The van der Waals surface area contributed by atoms with Crippen LogP contribution >= 0.6 is 0 Å². The molecule has 1 aromatic rings. The van der Waals surface area contributed by atoms with Gasteiger partial charge in [-0.25, -0.2) is 0 Å². The molecule has 1 unspecified atom stereocenters. The second-order valence-electron chi connectivity index (χ2n) is 6.42. The van der Waals surface area contributed by atoms with E-state index in [-0.39, 0.29) is 17.9 Å². The minimum atomic E-state index is -0.216. The van der Waals surface area contributed by atoms with Crippen molar-refractivity contribution in [2.45, 2.75) is 25.3 Å². The quantitative estimate of drug-likeness (QED) is 0.767. The number of nitrogens with zero attached hydrogens (tertiary/aromatic N) is 2. The largest absolute Gasteiger partial charge is 0.369 e. The third-order valence-corrected chi connectivity index (χ3v) is 5.08. The number of imide groups is 1. The Morgan fingerprint density at radius 1 is 1.00 bits per heavy atom. The molecule has 122 valence electrons. The number of carbonyl (C=O) groups excluding carboxylic acids is 2. The van der Waals surface area contributed by atoms with Gasteiger partial charge in [0.25, 0.3) is 0 Å². The lowest BCUT2D eigenvalue weighted by atomic mass is 10.0. The number of carbonyl (C=O) groups is 2. The molecular weight excluding hydrogens is 292 g/mol. The number of benzene rings is 1. The lowest BCUT2D eigenvalue weighted by molar-refractivity contribution is -0.134. The van der Waals surface area contributed by atoms with Crippen molar-refractivity contribution in [3.05, 3.63) is 23.8 Å². The Bertz CT molecular complexity index is 639. The molecule has 6 heteroatoms. The summed E-state index contributed by atoms with van der Waals surface area (Å²) in [7, 11) is 0. The molecule has 2 amide bonds. The summed E-state index contributed by atoms with van der Waals surface area (Å²) in [4.78, 5) is 28.2. The van der Waals surface area contributed by atoms with E-state index in [1.165, 1.54) is 11.3 Å². The van der Waals surface area contributed by atoms with Crippen LogP contribution in [-0.4, -0.2) is 50.6 Å². The number of amides is 2. The summed E-state index contributed by atoms with van der Waals surface area (Å²) in [5.74, 6) is -0.304. The fourth-order valence-corrected chi connectivity index (χ4v) is 3.95. The van der Waals surface area contributed by atoms with Gasteiger partial charge in [-0.2, -0.15) is 0 Å². The zero-order valence-corrected chi connectivity index (χ0v) is 13.2. The average molecular weight is 314 g/mol. The number of piperazine rings is 1. The molecule has 2 N–H and O–H groups in total. The summed E-state index contributed by atoms with van der Waals surface area (Å²) in [6.45, 7) is 4.93. The van der Waals surface area contributed by atoms with Gasteiger partial charge in [-0.05, 0) is 25.0 Å². The van der Waals surface area contributed by atoms with Gasteiger partial charge in [-0.1, -0.05) is 6.07 Å². The van der Waals surface area contributed by atoms with E-state index in [1.807, 2.05) is 0 Å². The standard InChI is InChI=1S/C17H22N4O2/c22-16-5-4-15(17(23)19-16)21-9-6-12-13(2-1-3-14(12)21)20-10-7-18-8-11-20/h1-3,15,18H,4-11H2,(H,19,22,23). The number of fused-ring (bicyclic) bond motifs is 1. The summed E-state index contributed by atoms with van der Waals surface area (Å²) in [6.07, 6.45) is 2.01. The molecule has 1 aromatic carbocycles. The lowest BCUT2D eigenvalue weighted by Gasteiger charge is -2.33. The van der Waals surface area contributed by atoms with Crippen LogP contribution in [0.1, 0.15) is 18.4 Å². The predicted molar refractivity (Wildman–Crippen MR) is 88.7 cm³/mol. The van der Waals surface area contributed by atoms with Gasteiger partial charge in [-0.15, -0.1) is 0 Å². The van der Waals surface area contributed by atoms with Gasteiger partial charge in [0.1, 0.15) is 6.04 Å². The molecule has 0 radical (unpaired) electrons. The second-order valence-corrected chi connectivity index (χ2v) is 6.42. The molecule has 0 spiro atoms. The van der Waals surface area contributed by atoms with Crippen LogP contribution in [0.25, 0.3) is 0 Å². The van der Waals surface area contributed by atoms with Crippen molar-refractivity contribution in [3.8, 4) is 0 Å². The first kappa shape index (κ1) is 14.5. The molecule has 6 nitrogen and oxygen atoms in total. The van der Waals surface area contributed by atoms with Crippen LogP contribution in [0.15, 0.2) is 18.2 Å². The Balaban J connectivity index is 1.62. The van der Waals surface area contributed by atoms with Gasteiger partial charge in [0.15, 0.2) is 0 Å². The molecule has 2 saturated heterocycles. The predicted octanol–water partition coefficient (Wildman–Crippen LogP) is 0.264. The van der Waals surface area contributed by atoms with Crippen LogP contribution < -0.4 is 20.4 Å². The monoisotopic (exact) mass is 314 g/mol. The Morgan fingerprint density at radius 2 is 1.78 bits per heavy atom. The Kier molecular flexibility index (Phi) is 3.69. The number of nitrogens with one attached hydrogen (secondary N) is 2. The van der Waals surface area contributed by atoms with Crippen molar-refractivity contribution in [1.29, 1.82) is 0 Å². The highest BCUT2D eigenvalue weighted by atomic mass is 16.2. The average Bonchev–Trinajstić information content (AvgIpc) is 2.99. The van der Waals surface area contributed by atoms with Crippen LogP contribution in [0.2, 0.25) is 0 Å². The van der Waals surface area contributed by atoms with Crippen molar-refractivity contribution in [3.63, 3.8) is 0 Å². The number of hydrogen-bond donors (Lipinski definition) is 2. The Hall–Kier alpha value is -2.08. The van der Waals surface area contributed by atoms with Crippen LogP contribution in [0.5, 0.6) is 0 Å². The van der Waals surface area contributed by atoms with E-state index in [0.29, 0.717) is 12.8 Å². The molecule has 0 bridgehead atoms. The highest BCUT2D eigenvalue weighted by Gasteiger charge is 2.36. The first-order valence-corrected chi connectivity index (χ1v) is 8.42. The Labute approximate surface area is 135 Å². The first-order valence-electron chi connectivity index (χ1n) is 8.42. The topological polar surface area (TPSA) is 64.7 Å². The van der Waals surface area contributed by atoms with Crippen molar-refractivity contribution in [2.24, 2.45) is 0 Å². The van der Waals surface area contributed by atoms with Crippen molar-refractivity contribution < 1.29 is 9.59 Å². The van der Waals surface area contributed by atoms with Gasteiger partial charge >= 0.3 is 0 Å². The van der Waals surface area contributed by atoms with Gasteiger partial charge in [0, 0.05) is 56.1 Å². The summed E-state index contributed by atoms with van der Waals surface area (Å²) in [5.41, 5.74) is 3.81. The molecule has 0 saturated carbocycles. The molecule has 1 atom stereocenters. The van der Waals surface area contributed by atoms with E-state index in [4.69, 9.17) is 0 Å². The van der Waals surface area contributed by atoms with Gasteiger partial charge in [0.05, 0.1) is 0 Å². The van der Waals surface area contributed by atoms with E-state index < -0.39 is 0 Å². The van der Waals surface area contributed by atoms with Crippen molar-refractivity contribution >= 4 is 23.2 Å². The number of hydrogen-bond acceptors (Lipinski definition) is 5. The van der Waals surface area contributed by atoms with Gasteiger partial charge < -0.3 is 15.1 Å². The summed E-state index contributed by atoms with van der Waals surface area (Å²) in [5, 5.41) is 5.86. The minimum Gasteiger partial charge on any atom is -0.369 e. The second kappa shape index (κ2) is 5.85. The first-order chi connectivity index (χ1) is 11.2. The fourth-order valence-electron chi connectivity index (χ4n) is 3.95. The molecule has 0 aromatic heterocycles. The Morgan fingerprint density at radius 3 is 2.57 bits per heavy atom. The van der Waals surface area contributed by atoms with E-state index in [0.717, 1.165) is 44.8 Å². The molecule has 2 fully saturated rings. The SMILES string of the molecule is O=C1CCC(N2CCc3c(N4CCNCC4)cccc32)C(=O)N1. The van der Waals surface area contributed by atoms with Gasteiger partial charge in [-0.3, -0.25) is 14.9 Å². The zero-order valence-electron chi connectivity index (χ0n) is 13.2. The summed E-state index contributed by atoms with van der Waals surface area (Å²) >= 11 is 0. The van der Waals surface area contributed by atoms with Crippen LogP contribution in [0, 0.1) is 0 Å². The molecular formula is C17H22N4O2. The lowest BCUT2D eigenvalue weighted by Crippen LogP contribution is -2.52. The molecule has 3 aliphatic rings. The van der Waals surface area contributed by atoms with E-state index >= 15 is 0 Å². The van der Waals surface area contributed by atoms with Crippen LogP contribution in [-0.2, 0) is 16.0 Å². The number of anilines is 2.